The van der Waals surface area contributed by atoms with Gasteiger partial charge in [-0.05, 0) is 25.0 Å². The molecule has 1 aromatic heterocycles. The quantitative estimate of drug-likeness (QED) is 0.878. The largest absolute Gasteiger partial charge is 0.394 e. The number of aliphatic hydroxyl groups is 1. The summed E-state index contributed by atoms with van der Waals surface area (Å²) in [7, 11) is -3.33. The monoisotopic (exact) mass is 284 g/mol. The Morgan fingerprint density at radius 2 is 2.05 bits per heavy atom. The first-order valence-electron chi connectivity index (χ1n) is 6.51. The lowest BCUT2D eigenvalue weighted by atomic mass is 9.82. The fourth-order valence-electron chi connectivity index (χ4n) is 2.59. The van der Waals surface area contributed by atoms with Gasteiger partial charge in [-0.15, -0.1) is 0 Å². The SMILES string of the molecule is CS(=O)(=O)c1cccnc1NC1(CO)CCCCC1. The van der Waals surface area contributed by atoms with Gasteiger partial charge in [-0.25, -0.2) is 13.4 Å². The van der Waals surface area contributed by atoms with Crippen LogP contribution in [0.4, 0.5) is 5.82 Å². The first kappa shape index (κ1) is 14.3. The number of aromatic nitrogens is 1. The maximum absolute atomic E-state index is 11.7. The van der Waals surface area contributed by atoms with Crippen molar-refractivity contribution in [3.63, 3.8) is 0 Å². The molecule has 19 heavy (non-hydrogen) atoms. The molecule has 0 bridgehead atoms. The zero-order valence-electron chi connectivity index (χ0n) is 11.1. The number of nitrogens with one attached hydrogen (secondary N) is 1. The summed E-state index contributed by atoms with van der Waals surface area (Å²) in [4.78, 5) is 4.32. The van der Waals surface area contributed by atoms with Gasteiger partial charge in [0.05, 0.1) is 12.1 Å². The number of rotatable bonds is 4. The lowest BCUT2D eigenvalue weighted by Crippen LogP contribution is -2.44. The number of anilines is 1. The molecule has 1 heterocycles. The average molecular weight is 284 g/mol. The summed E-state index contributed by atoms with van der Waals surface area (Å²) in [5, 5.41) is 12.8. The summed E-state index contributed by atoms with van der Waals surface area (Å²) >= 11 is 0. The third-order valence-electron chi connectivity index (χ3n) is 3.67. The van der Waals surface area contributed by atoms with Gasteiger partial charge in [0.25, 0.3) is 0 Å². The van der Waals surface area contributed by atoms with Crippen LogP contribution < -0.4 is 5.32 Å². The summed E-state index contributed by atoms with van der Waals surface area (Å²) in [6.07, 6.45) is 7.63. The van der Waals surface area contributed by atoms with Crippen LogP contribution in [-0.2, 0) is 9.84 Å². The predicted octanol–water partition coefficient (Wildman–Crippen LogP) is 1.59. The molecule has 0 atom stereocenters. The van der Waals surface area contributed by atoms with Crippen LogP contribution in [-0.4, -0.2) is 36.9 Å². The molecule has 106 valence electrons. The predicted molar refractivity (Wildman–Crippen MR) is 73.9 cm³/mol. The molecule has 1 aliphatic rings. The number of hydrogen-bond acceptors (Lipinski definition) is 5. The molecule has 2 N–H and O–H groups in total. The molecule has 1 fully saturated rings. The molecule has 1 saturated carbocycles. The summed E-state index contributed by atoms with van der Waals surface area (Å²) in [5.74, 6) is 0.348. The second-order valence-corrected chi connectivity index (χ2v) is 7.23. The van der Waals surface area contributed by atoms with Crippen molar-refractivity contribution in [2.75, 3.05) is 18.2 Å². The maximum atomic E-state index is 11.7. The Hall–Kier alpha value is -1.14. The second kappa shape index (κ2) is 5.46. The third kappa shape index (κ3) is 3.25. The summed E-state index contributed by atoms with van der Waals surface area (Å²) in [5.41, 5.74) is -0.438. The number of nitrogens with zero attached hydrogens (tertiary/aromatic N) is 1. The number of pyridine rings is 1. The van der Waals surface area contributed by atoms with Gasteiger partial charge in [0, 0.05) is 12.5 Å². The molecular weight excluding hydrogens is 264 g/mol. The van der Waals surface area contributed by atoms with Gasteiger partial charge in [-0.2, -0.15) is 0 Å². The van der Waals surface area contributed by atoms with Crippen molar-refractivity contribution >= 4 is 15.7 Å². The third-order valence-corrected chi connectivity index (χ3v) is 4.80. The lowest BCUT2D eigenvalue weighted by Gasteiger charge is -2.37. The molecule has 1 aromatic rings. The Kier molecular flexibility index (Phi) is 4.10. The Morgan fingerprint density at radius 1 is 1.37 bits per heavy atom. The molecule has 2 rings (SSSR count). The van der Waals surface area contributed by atoms with Crippen molar-refractivity contribution in [1.82, 2.24) is 4.98 Å². The van der Waals surface area contributed by atoms with Gasteiger partial charge in [0.2, 0.25) is 0 Å². The van der Waals surface area contributed by atoms with Crippen LogP contribution in [0.2, 0.25) is 0 Å². The topological polar surface area (TPSA) is 79.3 Å². The van der Waals surface area contributed by atoms with Crippen molar-refractivity contribution in [2.24, 2.45) is 0 Å². The fraction of sp³-hybridized carbons (Fsp3) is 0.615. The van der Waals surface area contributed by atoms with Gasteiger partial charge in [-0.3, -0.25) is 0 Å². The highest BCUT2D eigenvalue weighted by Gasteiger charge is 2.32. The fourth-order valence-corrected chi connectivity index (χ4v) is 3.37. The van der Waals surface area contributed by atoms with Crippen LogP contribution in [0.15, 0.2) is 23.2 Å². The smallest absolute Gasteiger partial charge is 0.179 e. The van der Waals surface area contributed by atoms with E-state index in [1.54, 1.807) is 18.3 Å². The molecule has 5 nitrogen and oxygen atoms in total. The van der Waals surface area contributed by atoms with E-state index in [1.807, 2.05) is 0 Å². The first-order valence-corrected chi connectivity index (χ1v) is 8.40. The minimum absolute atomic E-state index is 0.00717. The highest BCUT2D eigenvalue weighted by atomic mass is 32.2. The lowest BCUT2D eigenvalue weighted by molar-refractivity contribution is 0.172. The van der Waals surface area contributed by atoms with E-state index in [2.05, 4.69) is 10.3 Å². The second-order valence-electron chi connectivity index (χ2n) is 5.25. The number of aliphatic hydroxyl groups excluding tert-OH is 1. The Bertz CT molecular complexity index is 537. The molecule has 0 aromatic carbocycles. The highest BCUT2D eigenvalue weighted by Crippen LogP contribution is 2.32. The van der Waals surface area contributed by atoms with Crippen LogP contribution >= 0.6 is 0 Å². The van der Waals surface area contributed by atoms with Crippen molar-refractivity contribution < 1.29 is 13.5 Å². The molecule has 0 amide bonds. The van der Waals surface area contributed by atoms with Gasteiger partial charge < -0.3 is 10.4 Å². The van der Waals surface area contributed by atoms with E-state index in [0.29, 0.717) is 5.82 Å². The van der Waals surface area contributed by atoms with Gasteiger partial charge >= 0.3 is 0 Å². The zero-order chi connectivity index (χ0) is 13.9. The van der Waals surface area contributed by atoms with Crippen LogP contribution in [0.3, 0.4) is 0 Å². The molecule has 0 aliphatic heterocycles. The van der Waals surface area contributed by atoms with E-state index < -0.39 is 15.4 Å². The molecule has 1 aliphatic carbocycles. The maximum Gasteiger partial charge on any atom is 0.179 e. The number of sulfone groups is 1. The molecular formula is C13H20N2O3S. The Balaban J connectivity index is 2.32. The van der Waals surface area contributed by atoms with Crippen LogP contribution in [0.5, 0.6) is 0 Å². The standard InChI is InChI=1S/C13H20N2O3S/c1-19(17,18)11-6-5-9-14-12(11)15-13(10-16)7-3-2-4-8-13/h5-6,9,16H,2-4,7-8,10H2,1H3,(H,14,15). The van der Waals surface area contributed by atoms with Crippen molar-refractivity contribution in [1.29, 1.82) is 0 Å². The Labute approximate surface area is 114 Å². The van der Waals surface area contributed by atoms with Crippen LogP contribution in [0, 0.1) is 0 Å². The van der Waals surface area contributed by atoms with Crippen molar-refractivity contribution in [3.05, 3.63) is 18.3 Å². The minimum atomic E-state index is -3.33. The van der Waals surface area contributed by atoms with Gasteiger partial charge in [0.1, 0.15) is 10.7 Å². The van der Waals surface area contributed by atoms with E-state index in [9.17, 15) is 13.5 Å². The van der Waals surface area contributed by atoms with E-state index in [1.165, 1.54) is 6.26 Å². The first-order chi connectivity index (χ1) is 8.97. The molecule has 0 saturated heterocycles. The van der Waals surface area contributed by atoms with E-state index in [4.69, 9.17) is 0 Å². The minimum Gasteiger partial charge on any atom is -0.394 e. The van der Waals surface area contributed by atoms with E-state index in [0.717, 1.165) is 32.1 Å². The normalized spacial score (nSPS) is 19.1. The summed E-state index contributed by atoms with van der Waals surface area (Å²) < 4.78 is 23.5. The molecule has 0 spiro atoms. The Morgan fingerprint density at radius 3 is 2.63 bits per heavy atom. The van der Waals surface area contributed by atoms with E-state index >= 15 is 0 Å². The van der Waals surface area contributed by atoms with Gasteiger partial charge in [0.15, 0.2) is 9.84 Å². The van der Waals surface area contributed by atoms with Crippen LogP contribution in [0.25, 0.3) is 0 Å². The van der Waals surface area contributed by atoms with Crippen molar-refractivity contribution in [2.45, 2.75) is 42.5 Å². The zero-order valence-corrected chi connectivity index (χ0v) is 11.9. The average Bonchev–Trinajstić information content (AvgIpc) is 2.39. The molecule has 0 radical (unpaired) electrons. The number of hydrogen-bond donors (Lipinski definition) is 2. The molecule has 6 heteroatoms. The summed E-state index contributed by atoms with van der Waals surface area (Å²) in [6, 6.07) is 3.15. The van der Waals surface area contributed by atoms with Crippen molar-refractivity contribution in [3.8, 4) is 0 Å². The van der Waals surface area contributed by atoms with Crippen LogP contribution in [0.1, 0.15) is 32.1 Å². The van der Waals surface area contributed by atoms with Gasteiger partial charge in [-0.1, -0.05) is 19.3 Å². The summed E-state index contributed by atoms with van der Waals surface area (Å²) in [6.45, 7) is -0.00717. The van der Waals surface area contributed by atoms with E-state index in [-0.39, 0.29) is 11.5 Å². The highest BCUT2D eigenvalue weighted by molar-refractivity contribution is 7.90. The molecule has 0 unspecified atom stereocenters.